The number of hydrogen-bond acceptors (Lipinski definition) is 7. The van der Waals surface area contributed by atoms with Crippen LogP contribution in [0.15, 0.2) is 41.0 Å². The summed E-state index contributed by atoms with van der Waals surface area (Å²) in [5, 5.41) is 5.61. The van der Waals surface area contributed by atoms with Crippen molar-refractivity contribution in [3.05, 3.63) is 53.5 Å². The zero-order chi connectivity index (χ0) is 19.1. The number of carbonyl (C=O) groups excluding carboxylic acids is 3. The van der Waals surface area contributed by atoms with Crippen molar-refractivity contribution in [3.63, 3.8) is 0 Å². The Morgan fingerprint density at radius 3 is 2.46 bits per heavy atom. The van der Waals surface area contributed by atoms with Crippen molar-refractivity contribution in [3.8, 4) is 0 Å². The van der Waals surface area contributed by atoms with Gasteiger partial charge in [-0.3, -0.25) is 10.1 Å². The lowest BCUT2D eigenvalue weighted by molar-refractivity contribution is -0.115. The molecular formula is C18H20N2O6. The summed E-state index contributed by atoms with van der Waals surface area (Å²) in [5.41, 5.74) is 0.497. The topological polar surface area (TPSA) is 107 Å². The highest BCUT2D eigenvalue weighted by Gasteiger charge is 2.18. The van der Waals surface area contributed by atoms with Crippen molar-refractivity contribution in [2.24, 2.45) is 0 Å². The zero-order valence-corrected chi connectivity index (χ0v) is 14.7. The van der Waals surface area contributed by atoms with Crippen LogP contribution in [0.5, 0.6) is 0 Å². The maximum atomic E-state index is 12.2. The molecule has 1 atom stereocenters. The lowest BCUT2D eigenvalue weighted by atomic mass is 10.1. The first-order chi connectivity index (χ1) is 12.5. The van der Waals surface area contributed by atoms with Crippen molar-refractivity contribution in [2.75, 3.05) is 26.1 Å². The van der Waals surface area contributed by atoms with Gasteiger partial charge in [-0.1, -0.05) is 0 Å². The quantitative estimate of drug-likeness (QED) is 0.729. The molecule has 1 aromatic heterocycles. The van der Waals surface area contributed by atoms with E-state index in [4.69, 9.17) is 9.15 Å². The van der Waals surface area contributed by atoms with E-state index >= 15 is 0 Å². The number of anilines is 1. The van der Waals surface area contributed by atoms with Crippen LogP contribution < -0.4 is 10.6 Å². The van der Waals surface area contributed by atoms with E-state index in [1.165, 1.54) is 32.4 Å². The van der Waals surface area contributed by atoms with Crippen LogP contribution in [0, 0.1) is 0 Å². The first kappa shape index (κ1) is 19.2. The molecule has 26 heavy (non-hydrogen) atoms. The highest BCUT2D eigenvalue weighted by molar-refractivity contribution is 6.03. The monoisotopic (exact) mass is 360 g/mol. The highest BCUT2D eigenvalue weighted by Crippen LogP contribution is 2.20. The zero-order valence-electron chi connectivity index (χ0n) is 14.7. The van der Waals surface area contributed by atoms with Gasteiger partial charge in [0.2, 0.25) is 5.91 Å². The van der Waals surface area contributed by atoms with Crippen LogP contribution in [-0.4, -0.2) is 38.6 Å². The van der Waals surface area contributed by atoms with Crippen molar-refractivity contribution in [1.29, 1.82) is 0 Å². The minimum Gasteiger partial charge on any atom is -0.468 e. The smallest absolute Gasteiger partial charge is 0.339 e. The van der Waals surface area contributed by atoms with Crippen LogP contribution in [0.2, 0.25) is 0 Å². The third kappa shape index (κ3) is 4.70. The fourth-order valence-corrected chi connectivity index (χ4v) is 2.26. The van der Waals surface area contributed by atoms with Gasteiger partial charge in [-0.05, 0) is 37.3 Å². The first-order valence-electron chi connectivity index (χ1n) is 7.83. The summed E-state index contributed by atoms with van der Waals surface area (Å²) in [6.45, 7) is 1.83. The number of nitrogens with one attached hydrogen (secondary N) is 2. The average Bonchev–Trinajstić information content (AvgIpc) is 3.19. The first-order valence-corrected chi connectivity index (χ1v) is 7.83. The van der Waals surface area contributed by atoms with Gasteiger partial charge in [0, 0.05) is 0 Å². The molecule has 0 unspecified atom stereocenters. The molecule has 1 amide bonds. The molecule has 0 aliphatic rings. The molecule has 138 valence electrons. The molecule has 0 saturated heterocycles. The minimum absolute atomic E-state index is 0.0229. The van der Waals surface area contributed by atoms with Crippen molar-refractivity contribution < 1.29 is 28.3 Å². The molecule has 0 fully saturated rings. The number of benzene rings is 1. The summed E-state index contributed by atoms with van der Waals surface area (Å²) in [4.78, 5) is 35.8. The number of hydrogen-bond donors (Lipinski definition) is 2. The van der Waals surface area contributed by atoms with Crippen LogP contribution in [0.3, 0.4) is 0 Å². The molecule has 0 bridgehead atoms. The predicted octanol–water partition coefficient (Wildman–Crippen LogP) is 2.14. The molecule has 0 radical (unpaired) electrons. The second-order valence-corrected chi connectivity index (χ2v) is 5.41. The SMILES string of the molecule is COC(=O)c1ccc(C(=O)OC)c(NC(=O)CN[C@H](C)c2ccco2)c1. The summed E-state index contributed by atoms with van der Waals surface area (Å²) in [6.07, 6.45) is 1.55. The molecule has 0 spiro atoms. The maximum absolute atomic E-state index is 12.2. The van der Waals surface area contributed by atoms with E-state index in [1.807, 2.05) is 6.92 Å². The Morgan fingerprint density at radius 2 is 1.85 bits per heavy atom. The summed E-state index contributed by atoms with van der Waals surface area (Å²) in [7, 11) is 2.48. The summed E-state index contributed by atoms with van der Waals surface area (Å²) in [6, 6.07) is 7.57. The van der Waals surface area contributed by atoms with Crippen molar-refractivity contribution >= 4 is 23.5 Å². The standard InChI is InChI=1S/C18H20N2O6/c1-11(15-5-4-8-26-15)19-10-16(21)20-14-9-12(17(22)24-2)6-7-13(14)18(23)25-3/h4-9,11,19H,10H2,1-3H3,(H,20,21)/t11-/m1/s1. The Hall–Kier alpha value is -3.13. The van der Waals surface area contributed by atoms with Gasteiger partial charge in [0.05, 0.1) is 49.9 Å². The number of esters is 2. The van der Waals surface area contributed by atoms with Crippen LogP contribution in [0.4, 0.5) is 5.69 Å². The fraction of sp³-hybridized carbons (Fsp3) is 0.278. The molecule has 2 aromatic rings. The number of methoxy groups -OCH3 is 2. The van der Waals surface area contributed by atoms with E-state index in [2.05, 4.69) is 15.4 Å². The summed E-state index contributed by atoms with van der Waals surface area (Å²) >= 11 is 0. The van der Waals surface area contributed by atoms with Crippen molar-refractivity contribution in [1.82, 2.24) is 5.32 Å². The minimum atomic E-state index is -0.631. The van der Waals surface area contributed by atoms with Gasteiger partial charge >= 0.3 is 11.9 Å². The number of furan rings is 1. The van der Waals surface area contributed by atoms with Crippen LogP contribution in [0.25, 0.3) is 0 Å². The van der Waals surface area contributed by atoms with Crippen molar-refractivity contribution in [2.45, 2.75) is 13.0 Å². The van der Waals surface area contributed by atoms with E-state index in [-0.39, 0.29) is 29.4 Å². The van der Waals surface area contributed by atoms with Gasteiger partial charge in [-0.25, -0.2) is 9.59 Å². The Kier molecular flexibility index (Phi) is 6.51. The van der Waals surface area contributed by atoms with E-state index < -0.39 is 17.8 Å². The Balaban J connectivity index is 2.11. The van der Waals surface area contributed by atoms with Crippen LogP contribution in [-0.2, 0) is 14.3 Å². The largest absolute Gasteiger partial charge is 0.468 e. The molecule has 0 aliphatic heterocycles. The molecule has 2 rings (SSSR count). The predicted molar refractivity (Wildman–Crippen MR) is 92.9 cm³/mol. The van der Waals surface area contributed by atoms with Gasteiger partial charge in [0.1, 0.15) is 5.76 Å². The molecule has 1 aromatic carbocycles. The second-order valence-electron chi connectivity index (χ2n) is 5.41. The van der Waals surface area contributed by atoms with Gasteiger partial charge in [-0.2, -0.15) is 0 Å². The molecule has 0 saturated carbocycles. The highest BCUT2D eigenvalue weighted by atomic mass is 16.5. The third-order valence-electron chi connectivity index (χ3n) is 3.66. The maximum Gasteiger partial charge on any atom is 0.339 e. The summed E-state index contributed by atoms with van der Waals surface area (Å²) < 4.78 is 14.6. The molecule has 8 nitrogen and oxygen atoms in total. The average molecular weight is 360 g/mol. The second kappa shape index (κ2) is 8.82. The van der Waals surface area contributed by atoms with E-state index in [0.29, 0.717) is 5.76 Å². The van der Waals surface area contributed by atoms with Gasteiger partial charge in [0.15, 0.2) is 0 Å². The lowest BCUT2D eigenvalue weighted by Gasteiger charge is -2.14. The Morgan fingerprint density at radius 1 is 1.12 bits per heavy atom. The van der Waals surface area contributed by atoms with Gasteiger partial charge < -0.3 is 19.2 Å². The number of ether oxygens (including phenoxy) is 2. The lowest BCUT2D eigenvalue weighted by Crippen LogP contribution is -2.30. The molecule has 8 heteroatoms. The normalized spacial score (nSPS) is 11.5. The molecule has 0 aliphatic carbocycles. The molecule has 1 heterocycles. The van der Waals surface area contributed by atoms with Crippen LogP contribution in [0.1, 0.15) is 39.4 Å². The fourth-order valence-electron chi connectivity index (χ4n) is 2.26. The Bertz CT molecular complexity index is 785. The Labute approximate surface area is 150 Å². The number of carbonyl (C=O) groups is 3. The third-order valence-corrected chi connectivity index (χ3v) is 3.66. The molecular weight excluding hydrogens is 340 g/mol. The molecule has 2 N–H and O–H groups in total. The van der Waals surface area contributed by atoms with Crippen LogP contribution >= 0.6 is 0 Å². The summed E-state index contributed by atoms with van der Waals surface area (Å²) in [5.74, 6) is -0.911. The number of amides is 1. The van der Waals surface area contributed by atoms with E-state index in [1.54, 1.807) is 18.4 Å². The van der Waals surface area contributed by atoms with E-state index in [0.717, 1.165) is 0 Å². The number of rotatable bonds is 7. The van der Waals surface area contributed by atoms with Gasteiger partial charge in [0.25, 0.3) is 0 Å². The van der Waals surface area contributed by atoms with E-state index in [9.17, 15) is 14.4 Å². The van der Waals surface area contributed by atoms with Gasteiger partial charge in [-0.15, -0.1) is 0 Å².